The average Bonchev–Trinajstić information content (AvgIpc) is 3.08. The topological polar surface area (TPSA) is 91.1 Å². The third-order valence-electron chi connectivity index (χ3n) is 4.21. The third kappa shape index (κ3) is 5.58. The molecule has 0 saturated heterocycles. The Labute approximate surface area is 165 Å². The molecule has 6 nitrogen and oxygen atoms in total. The van der Waals surface area contributed by atoms with Crippen molar-refractivity contribution in [1.82, 2.24) is 9.71 Å². The molecule has 1 amide bonds. The summed E-state index contributed by atoms with van der Waals surface area (Å²) in [5.74, 6) is -0.263. The smallest absolute Gasteiger partial charge is 0.361 e. The summed E-state index contributed by atoms with van der Waals surface area (Å²) >= 11 is 0. The van der Waals surface area contributed by atoms with Crippen LogP contribution in [0.25, 0.3) is 10.9 Å². The summed E-state index contributed by atoms with van der Waals surface area (Å²) in [7, 11) is -4.29. The third-order valence-corrected chi connectivity index (χ3v) is 5.62. The molecule has 10 heteroatoms. The highest BCUT2D eigenvalue weighted by Gasteiger charge is 2.30. The van der Waals surface area contributed by atoms with Crippen LogP contribution >= 0.6 is 0 Å². The Morgan fingerprint density at radius 1 is 1.03 bits per heavy atom. The second-order valence-corrected chi connectivity index (χ2v) is 8.14. The number of carbonyl (C=O) groups excluding carboxylic acids is 1. The van der Waals surface area contributed by atoms with E-state index in [2.05, 4.69) is 10.3 Å². The second kappa shape index (κ2) is 8.26. The predicted molar refractivity (Wildman–Crippen MR) is 103 cm³/mol. The van der Waals surface area contributed by atoms with Gasteiger partial charge in [-0.1, -0.05) is 18.2 Å². The Morgan fingerprint density at radius 3 is 2.41 bits per heavy atom. The van der Waals surface area contributed by atoms with Gasteiger partial charge in [0.1, 0.15) is 6.54 Å². The number of fused-ring (bicyclic) bond motifs is 1. The number of benzene rings is 2. The largest absolute Gasteiger partial charge is 0.402 e. The van der Waals surface area contributed by atoms with E-state index in [1.54, 1.807) is 0 Å². The standard InChI is InChI=1S/C19H18F3N3O3S/c20-19(21,22)12-24-29(27,28)15-8-6-14(7-9-15)25-18(26)10-5-13-11-23-17-4-2-1-3-16(13)17/h1-4,6-9,11,23-24H,5,10,12H2,(H,25,26). The summed E-state index contributed by atoms with van der Waals surface area (Å²) in [5.41, 5.74) is 2.34. The molecular formula is C19H18F3N3O3S. The Hall–Kier alpha value is -2.85. The lowest BCUT2D eigenvalue weighted by molar-refractivity contribution is -0.121. The number of carbonyl (C=O) groups is 1. The number of hydrogen-bond acceptors (Lipinski definition) is 3. The lowest BCUT2D eigenvalue weighted by Gasteiger charge is -2.10. The molecule has 3 rings (SSSR count). The van der Waals surface area contributed by atoms with E-state index in [1.807, 2.05) is 30.5 Å². The minimum Gasteiger partial charge on any atom is -0.361 e. The summed E-state index contributed by atoms with van der Waals surface area (Å²) in [6.45, 7) is -1.65. The molecule has 0 unspecified atom stereocenters. The number of hydrogen-bond donors (Lipinski definition) is 3. The number of rotatable bonds is 7. The number of anilines is 1. The van der Waals surface area contributed by atoms with Crippen molar-refractivity contribution in [2.75, 3.05) is 11.9 Å². The van der Waals surface area contributed by atoms with Crippen molar-refractivity contribution < 1.29 is 26.4 Å². The first-order valence-electron chi connectivity index (χ1n) is 8.65. The van der Waals surface area contributed by atoms with Gasteiger partial charge in [-0.25, -0.2) is 13.1 Å². The van der Waals surface area contributed by atoms with Gasteiger partial charge in [0.15, 0.2) is 0 Å². The monoisotopic (exact) mass is 425 g/mol. The SMILES string of the molecule is O=C(CCc1c[nH]c2ccccc12)Nc1ccc(S(=O)(=O)NCC(F)(F)F)cc1. The van der Waals surface area contributed by atoms with E-state index >= 15 is 0 Å². The van der Waals surface area contributed by atoms with E-state index in [0.29, 0.717) is 12.1 Å². The van der Waals surface area contributed by atoms with Gasteiger partial charge in [0.25, 0.3) is 0 Å². The van der Waals surface area contributed by atoms with Crippen LogP contribution in [0.4, 0.5) is 18.9 Å². The van der Waals surface area contributed by atoms with Crippen LogP contribution in [0.1, 0.15) is 12.0 Å². The molecular weight excluding hydrogens is 407 g/mol. The second-order valence-electron chi connectivity index (χ2n) is 6.37. The molecule has 0 saturated carbocycles. The van der Waals surface area contributed by atoms with Gasteiger partial charge in [-0.05, 0) is 42.3 Å². The number of para-hydroxylation sites is 1. The first-order chi connectivity index (χ1) is 13.6. The van der Waals surface area contributed by atoms with Gasteiger partial charge in [0.2, 0.25) is 15.9 Å². The highest BCUT2D eigenvalue weighted by Crippen LogP contribution is 2.20. The van der Waals surface area contributed by atoms with Crippen LogP contribution in [0.15, 0.2) is 59.6 Å². The fraction of sp³-hybridized carbons (Fsp3) is 0.211. The van der Waals surface area contributed by atoms with Crippen LogP contribution < -0.4 is 10.0 Å². The van der Waals surface area contributed by atoms with E-state index < -0.39 is 22.7 Å². The average molecular weight is 425 g/mol. The molecule has 0 spiro atoms. The Morgan fingerprint density at radius 2 is 1.72 bits per heavy atom. The Kier molecular flexibility index (Phi) is 5.94. The molecule has 154 valence electrons. The maximum Gasteiger partial charge on any atom is 0.402 e. The van der Waals surface area contributed by atoms with E-state index in [0.717, 1.165) is 28.6 Å². The van der Waals surface area contributed by atoms with Crippen molar-refractivity contribution >= 4 is 32.5 Å². The van der Waals surface area contributed by atoms with Gasteiger partial charge in [0, 0.05) is 29.2 Å². The summed E-state index contributed by atoms with van der Waals surface area (Å²) in [6, 6.07) is 12.7. The van der Waals surface area contributed by atoms with Crippen LogP contribution in [0.2, 0.25) is 0 Å². The lowest BCUT2D eigenvalue weighted by Crippen LogP contribution is -2.33. The normalized spacial score (nSPS) is 12.2. The minimum atomic E-state index is -4.65. The van der Waals surface area contributed by atoms with Gasteiger partial charge in [-0.15, -0.1) is 0 Å². The maximum atomic E-state index is 12.2. The van der Waals surface area contributed by atoms with Crippen molar-refractivity contribution in [3.63, 3.8) is 0 Å². The predicted octanol–water partition coefficient (Wildman–Crippen LogP) is 3.58. The number of aryl methyl sites for hydroxylation is 1. The Balaban J connectivity index is 1.57. The quantitative estimate of drug-likeness (QED) is 0.540. The number of aromatic nitrogens is 1. The molecule has 0 atom stereocenters. The van der Waals surface area contributed by atoms with Crippen LogP contribution in [0.3, 0.4) is 0 Å². The molecule has 0 bridgehead atoms. The zero-order chi connectivity index (χ0) is 21.1. The summed E-state index contributed by atoms with van der Waals surface area (Å²) in [5, 5.41) is 3.69. The molecule has 3 N–H and O–H groups in total. The van der Waals surface area contributed by atoms with Crippen LogP contribution in [0, 0.1) is 0 Å². The molecule has 0 aliphatic carbocycles. The van der Waals surface area contributed by atoms with E-state index in [9.17, 15) is 26.4 Å². The molecule has 3 aromatic rings. The fourth-order valence-electron chi connectivity index (χ4n) is 2.79. The molecule has 0 radical (unpaired) electrons. The highest BCUT2D eigenvalue weighted by atomic mass is 32.2. The minimum absolute atomic E-state index is 0.217. The van der Waals surface area contributed by atoms with Crippen molar-refractivity contribution in [3.8, 4) is 0 Å². The molecule has 1 aromatic heterocycles. The van der Waals surface area contributed by atoms with Crippen molar-refractivity contribution in [2.45, 2.75) is 23.9 Å². The molecule has 0 fully saturated rings. The molecule has 29 heavy (non-hydrogen) atoms. The Bertz CT molecular complexity index is 1110. The number of amides is 1. The summed E-state index contributed by atoms with van der Waals surface area (Å²) < 4.78 is 61.8. The number of H-pyrrole nitrogens is 1. The molecule has 0 aliphatic heterocycles. The van der Waals surface area contributed by atoms with E-state index in [-0.39, 0.29) is 17.2 Å². The zero-order valence-electron chi connectivity index (χ0n) is 15.1. The van der Waals surface area contributed by atoms with Gasteiger partial charge < -0.3 is 10.3 Å². The van der Waals surface area contributed by atoms with Crippen LogP contribution in [-0.2, 0) is 21.2 Å². The van der Waals surface area contributed by atoms with E-state index in [4.69, 9.17) is 0 Å². The lowest BCUT2D eigenvalue weighted by atomic mass is 10.1. The number of alkyl halides is 3. The first kappa shape index (κ1) is 20.9. The summed E-state index contributed by atoms with van der Waals surface area (Å²) in [4.78, 5) is 15.0. The van der Waals surface area contributed by atoms with Crippen LogP contribution in [0.5, 0.6) is 0 Å². The maximum absolute atomic E-state index is 12.2. The number of sulfonamides is 1. The van der Waals surface area contributed by atoms with Gasteiger partial charge in [0.05, 0.1) is 4.90 Å². The zero-order valence-corrected chi connectivity index (χ0v) is 15.9. The van der Waals surface area contributed by atoms with Crippen molar-refractivity contribution in [1.29, 1.82) is 0 Å². The molecule has 2 aromatic carbocycles. The number of aromatic amines is 1. The van der Waals surface area contributed by atoms with E-state index in [1.165, 1.54) is 16.9 Å². The number of halogens is 3. The molecule has 1 heterocycles. The highest BCUT2D eigenvalue weighted by molar-refractivity contribution is 7.89. The van der Waals surface area contributed by atoms with Crippen molar-refractivity contribution in [3.05, 3.63) is 60.3 Å². The van der Waals surface area contributed by atoms with Gasteiger partial charge in [-0.3, -0.25) is 4.79 Å². The van der Waals surface area contributed by atoms with Gasteiger partial charge in [-0.2, -0.15) is 13.2 Å². The molecule has 0 aliphatic rings. The number of nitrogens with one attached hydrogen (secondary N) is 3. The summed E-state index contributed by atoms with van der Waals surface area (Å²) in [6.07, 6.45) is -2.06. The van der Waals surface area contributed by atoms with Gasteiger partial charge >= 0.3 is 6.18 Å². The van der Waals surface area contributed by atoms with Crippen molar-refractivity contribution in [2.24, 2.45) is 0 Å². The first-order valence-corrected chi connectivity index (χ1v) is 10.1. The fourth-order valence-corrected chi connectivity index (χ4v) is 3.80. The van der Waals surface area contributed by atoms with Crippen LogP contribution in [-0.4, -0.2) is 32.0 Å².